The maximum Gasteiger partial charge on any atom is 0.300 e. The Morgan fingerprint density at radius 3 is 2.10 bits per heavy atom. The molecule has 1 aromatic rings. The topological polar surface area (TPSA) is 98.1 Å². The van der Waals surface area contributed by atoms with E-state index in [-0.39, 0.29) is 5.66 Å². The Kier molecular flexibility index (Phi) is 11.6. The van der Waals surface area contributed by atoms with Crippen LogP contribution in [-0.2, 0) is 11.3 Å². The monoisotopic (exact) mass is 417 g/mol. The molecule has 2 rings (SSSR count). The second-order valence-corrected chi connectivity index (χ2v) is 8.17. The zero-order valence-electron chi connectivity index (χ0n) is 19.2. The zero-order valence-corrected chi connectivity index (χ0v) is 19.2. The van der Waals surface area contributed by atoms with E-state index in [0.29, 0.717) is 6.54 Å². The molecule has 0 aromatic heterocycles. The van der Waals surface area contributed by atoms with Crippen molar-refractivity contribution in [2.24, 2.45) is 9.98 Å². The van der Waals surface area contributed by atoms with Crippen LogP contribution in [0.2, 0.25) is 0 Å². The van der Waals surface area contributed by atoms with Crippen molar-refractivity contribution < 1.29 is 9.90 Å². The number of aliphatic carboxylic acids is 1. The van der Waals surface area contributed by atoms with Crippen molar-refractivity contribution in [3.05, 3.63) is 35.4 Å². The van der Waals surface area contributed by atoms with Gasteiger partial charge in [-0.3, -0.25) is 15.1 Å². The van der Waals surface area contributed by atoms with Gasteiger partial charge in [0.15, 0.2) is 11.9 Å². The lowest BCUT2D eigenvalue weighted by molar-refractivity contribution is -0.134. The average molecular weight is 418 g/mol. The lowest BCUT2D eigenvalue weighted by Gasteiger charge is -2.36. The molecule has 7 heteroatoms. The quantitative estimate of drug-likeness (QED) is 0.452. The van der Waals surface area contributed by atoms with Crippen LogP contribution in [0.4, 0.5) is 0 Å². The van der Waals surface area contributed by atoms with Gasteiger partial charge in [-0.15, -0.1) is 0 Å². The number of hydrogen-bond acceptors (Lipinski definition) is 3. The number of carboxylic acids is 1. The minimum Gasteiger partial charge on any atom is -0.481 e. The van der Waals surface area contributed by atoms with Gasteiger partial charge in [0.05, 0.1) is 6.54 Å². The number of carbonyl (C=O) groups is 1. The van der Waals surface area contributed by atoms with Crippen LogP contribution >= 0.6 is 0 Å². The molecule has 1 fully saturated rings. The van der Waals surface area contributed by atoms with E-state index in [1.54, 1.807) is 0 Å². The molecular weight excluding hydrogens is 378 g/mol. The first-order valence-electron chi connectivity index (χ1n) is 10.9. The first-order valence-corrected chi connectivity index (χ1v) is 10.9. The summed E-state index contributed by atoms with van der Waals surface area (Å²) in [5.41, 5.74) is 2.20. The molecule has 1 aromatic carbocycles. The number of aliphatic imine (C=N–C) groups is 2. The highest BCUT2D eigenvalue weighted by molar-refractivity contribution is 6.01. The third kappa shape index (κ3) is 12.1. The van der Waals surface area contributed by atoms with E-state index in [4.69, 9.17) is 9.90 Å². The summed E-state index contributed by atoms with van der Waals surface area (Å²) < 4.78 is 0. The van der Waals surface area contributed by atoms with Crippen LogP contribution in [-0.4, -0.2) is 35.2 Å². The highest BCUT2D eigenvalue weighted by Crippen LogP contribution is 2.07. The lowest BCUT2D eigenvalue weighted by Crippen LogP contribution is -2.68. The van der Waals surface area contributed by atoms with Gasteiger partial charge < -0.3 is 15.7 Å². The number of rotatable bonds is 9. The van der Waals surface area contributed by atoms with Crippen LogP contribution in [0, 0.1) is 6.92 Å². The standard InChI is InChI=1S/C21H35N5.C2H4O2/c1-5-6-7-8-9-10-15-22-19-24-20(26-21(3,4)25-19)23-16-18-13-11-17(2)12-14-18;1-2(3)4/h11-14H,5-10,15-16H2,1-4H3,(H3,22,23,24,25,26);1H3,(H,3,4). The van der Waals surface area contributed by atoms with Gasteiger partial charge in [-0.1, -0.05) is 68.9 Å². The lowest BCUT2D eigenvalue weighted by atomic mass is 10.1. The highest BCUT2D eigenvalue weighted by Gasteiger charge is 2.26. The van der Waals surface area contributed by atoms with Gasteiger partial charge in [0.25, 0.3) is 5.97 Å². The summed E-state index contributed by atoms with van der Waals surface area (Å²) in [6.45, 7) is 11.1. The predicted octanol–water partition coefficient (Wildman–Crippen LogP) is 4.18. The Morgan fingerprint density at radius 1 is 0.967 bits per heavy atom. The molecule has 1 aliphatic heterocycles. The molecule has 0 saturated carbocycles. The van der Waals surface area contributed by atoms with Crippen molar-refractivity contribution in [1.29, 1.82) is 0 Å². The molecule has 0 aliphatic carbocycles. The average Bonchev–Trinajstić information content (AvgIpc) is 2.65. The van der Waals surface area contributed by atoms with Gasteiger partial charge in [-0.2, -0.15) is 0 Å². The fraction of sp³-hybridized carbons (Fsp3) is 0.609. The molecule has 0 radical (unpaired) electrons. The van der Waals surface area contributed by atoms with Crippen molar-refractivity contribution in [3.63, 3.8) is 0 Å². The zero-order chi connectivity index (χ0) is 22.4. The molecule has 1 aliphatic rings. The van der Waals surface area contributed by atoms with Gasteiger partial charge in [-0.05, 0) is 32.8 Å². The summed E-state index contributed by atoms with van der Waals surface area (Å²) in [6, 6.07) is 8.49. The molecule has 0 spiro atoms. The van der Waals surface area contributed by atoms with Crippen LogP contribution in [0.5, 0.6) is 0 Å². The number of unbranched alkanes of at least 4 members (excludes halogenated alkanes) is 5. The summed E-state index contributed by atoms with van der Waals surface area (Å²) in [6.07, 6.45) is 7.69. The predicted molar refractivity (Wildman–Crippen MR) is 125 cm³/mol. The van der Waals surface area contributed by atoms with Crippen LogP contribution < -0.4 is 16.0 Å². The van der Waals surface area contributed by atoms with Crippen molar-refractivity contribution in [1.82, 2.24) is 16.0 Å². The maximum absolute atomic E-state index is 9.00. The molecule has 1 saturated heterocycles. The molecule has 0 atom stereocenters. The minimum absolute atomic E-state index is 0.267. The van der Waals surface area contributed by atoms with Crippen molar-refractivity contribution in [3.8, 4) is 0 Å². The van der Waals surface area contributed by atoms with Crippen LogP contribution in [0.3, 0.4) is 0 Å². The van der Waals surface area contributed by atoms with Crippen LogP contribution in [0.15, 0.2) is 34.3 Å². The smallest absolute Gasteiger partial charge is 0.300 e. The third-order valence-electron chi connectivity index (χ3n) is 4.42. The normalized spacial score (nSPS) is 17.4. The fourth-order valence-corrected chi connectivity index (χ4v) is 2.90. The number of hydrogen-bond donors (Lipinski definition) is 4. The summed E-state index contributed by atoms with van der Waals surface area (Å²) in [5, 5.41) is 17.5. The Hall–Kier alpha value is -2.57. The first-order chi connectivity index (χ1) is 14.2. The van der Waals surface area contributed by atoms with Gasteiger partial charge in [0.1, 0.15) is 5.66 Å². The van der Waals surface area contributed by atoms with Crippen molar-refractivity contribution in [2.75, 3.05) is 6.54 Å². The van der Waals surface area contributed by atoms with Gasteiger partial charge >= 0.3 is 0 Å². The minimum atomic E-state index is -0.833. The molecular formula is C23H39N5O2. The fourth-order valence-electron chi connectivity index (χ4n) is 2.90. The number of carboxylic acid groups (broad SMARTS) is 1. The van der Waals surface area contributed by atoms with E-state index in [1.807, 2.05) is 0 Å². The molecule has 0 bridgehead atoms. The van der Waals surface area contributed by atoms with E-state index < -0.39 is 5.97 Å². The van der Waals surface area contributed by atoms with E-state index in [1.165, 1.54) is 43.2 Å². The Balaban J connectivity index is 0.00000103. The Morgan fingerprint density at radius 2 is 1.50 bits per heavy atom. The number of aryl methyl sites for hydroxylation is 1. The van der Waals surface area contributed by atoms with Crippen molar-refractivity contribution in [2.45, 2.75) is 85.4 Å². The van der Waals surface area contributed by atoms with Crippen LogP contribution in [0.1, 0.15) is 77.3 Å². The molecule has 4 N–H and O–H groups in total. The first kappa shape index (κ1) is 25.5. The van der Waals surface area contributed by atoms with Gasteiger partial charge in [0.2, 0.25) is 0 Å². The van der Waals surface area contributed by atoms with E-state index in [0.717, 1.165) is 31.8 Å². The second-order valence-electron chi connectivity index (χ2n) is 8.17. The number of nitrogens with zero attached hydrogens (tertiary/aromatic N) is 2. The van der Waals surface area contributed by atoms with Gasteiger partial charge in [-0.25, -0.2) is 4.99 Å². The molecule has 30 heavy (non-hydrogen) atoms. The maximum atomic E-state index is 9.00. The number of nitrogens with one attached hydrogen (secondary N) is 3. The molecule has 168 valence electrons. The molecule has 0 unspecified atom stereocenters. The van der Waals surface area contributed by atoms with E-state index >= 15 is 0 Å². The summed E-state index contributed by atoms with van der Waals surface area (Å²) >= 11 is 0. The SMILES string of the molecule is CC(=O)O.CCCCCCCCN=C1NC(=NCc2ccc(C)cc2)NC(C)(C)N1. The molecule has 7 nitrogen and oxygen atoms in total. The Bertz CT molecular complexity index is 692. The summed E-state index contributed by atoms with van der Waals surface area (Å²) in [7, 11) is 0. The van der Waals surface area contributed by atoms with Crippen LogP contribution in [0.25, 0.3) is 0 Å². The van der Waals surface area contributed by atoms with Crippen molar-refractivity contribution >= 4 is 17.9 Å². The summed E-state index contributed by atoms with van der Waals surface area (Å²) in [5.74, 6) is 0.751. The number of guanidine groups is 2. The molecule has 0 amide bonds. The number of benzene rings is 1. The molecule has 1 heterocycles. The van der Waals surface area contributed by atoms with E-state index in [9.17, 15) is 0 Å². The second kappa shape index (κ2) is 13.6. The largest absolute Gasteiger partial charge is 0.481 e. The Labute approximate surface area is 181 Å². The highest BCUT2D eigenvalue weighted by atomic mass is 16.4. The third-order valence-corrected chi connectivity index (χ3v) is 4.42. The van der Waals surface area contributed by atoms with E-state index in [2.05, 4.69) is 77.9 Å². The van der Waals surface area contributed by atoms with Gasteiger partial charge in [0, 0.05) is 13.5 Å². The summed E-state index contributed by atoms with van der Waals surface area (Å²) in [4.78, 5) is 18.4.